The Kier molecular flexibility index (Phi) is 7.31. The first kappa shape index (κ1) is 24.0. The molecule has 1 saturated heterocycles. The molecule has 0 aliphatic carbocycles. The number of nitrogens with zero attached hydrogens (tertiary/aromatic N) is 1. The zero-order chi connectivity index (χ0) is 22.8. The van der Waals surface area contributed by atoms with E-state index in [1.807, 2.05) is 0 Å². The lowest BCUT2D eigenvalue weighted by Gasteiger charge is -2.40. The third-order valence-corrected chi connectivity index (χ3v) is 8.00. The highest BCUT2D eigenvalue weighted by Gasteiger charge is 2.55. The summed E-state index contributed by atoms with van der Waals surface area (Å²) in [5.41, 5.74) is -0.723. The van der Waals surface area contributed by atoms with E-state index in [4.69, 9.17) is 23.2 Å². The van der Waals surface area contributed by atoms with Crippen LogP contribution in [-0.2, 0) is 5.41 Å². The van der Waals surface area contributed by atoms with E-state index in [-0.39, 0.29) is 27.1 Å². The van der Waals surface area contributed by atoms with Crippen molar-refractivity contribution in [3.63, 3.8) is 0 Å². The lowest BCUT2D eigenvalue weighted by atomic mass is 9.62. The Morgan fingerprint density at radius 3 is 2.39 bits per heavy atom. The van der Waals surface area contributed by atoms with Gasteiger partial charge in [0.1, 0.15) is 17.0 Å². The summed E-state index contributed by atoms with van der Waals surface area (Å²) in [6, 6.07) is 11.3. The topological polar surface area (TPSA) is 35.8 Å². The summed E-state index contributed by atoms with van der Waals surface area (Å²) in [5.74, 6) is -1.70. The maximum atomic E-state index is 15.3. The third kappa shape index (κ3) is 4.09. The highest BCUT2D eigenvalue weighted by molar-refractivity contribution is 6.31. The standard InChI is InChI=1S/C25H28Cl2F2N2/c1-4-24(5-2,6-3)13-22-25(15-30,18-11-10-16(26)12-21(18)28)19(14-31-22)17-8-7-9-20(27)23(17)29/h7-12,19,22,31H,4-6,13-14H2,1-3H3/t19-,22+,25-/m1/s1. The van der Waals surface area contributed by atoms with Gasteiger partial charge in [0.25, 0.3) is 0 Å². The van der Waals surface area contributed by atoms with Crippen LogP contribution in [0.25, 0.3) is 0 Å². The molecule has 3 atom stereocenters. The number of nitriles is 1. The van der Waals surface area contributed by atoms with Crippen molar-refractivity contribution >= 4 is 23.2 Å². The van der Waals surface area contributed by atoms with E-state index in [0.717, 1.165) is 19.3 Å². The van der Waals surface area contributed by atoms with Crippen LogP contribution < -0.4 is 5.32 Å². The van der Waals surface area contributed by atoms with Crippen molar-refractivity contribution in [1.82, 2.24) is 5.32 Å². The second-order valence-corrected chi connectivity index (χ2v) is 9.37. The Bertz CT molecular complexity index is 976. The van der Waals surface area contributed by atoms with Gasteiger partial charge in [-0.1, -0.05) is 81.4 Å². The quantitative estimate of drug-likeness (QED) is 0.463. The Balaban J connectivity index is 2.23. The summed E-state index contributed by atoms with van der Waals surface area (Å²) < 4.78 is 30.4. The average molecular weight is 465 g/mol. The van der Waals surface area contributed by atoms with Crippen molar-refractivity contribution in [2.24, 2.45) is 5.41 Å². The number of nitrogens with one attached hydrogen (secondary N) is 1. The summed E-state index contributed by atoms with van der Waals surface area (Å²) in [5, 5.41) is 14.3. The van der Waals surface area contributed by atoms with Crippen LogP contribution in [0.2, 0.25) is 10.0 Å². The van der Waals surface area contributed by atoms with Gasteiger partial charge >= 0.3 is 0 Å². The number of rotatable bonds is 7. The minimum absolute atomic E-state index is 0.00440. The first-order valence-electron chi connectivity index (χ1n) is 10.8. The zero-order valence-electron chi connectivity index (χ0n) is 18.1. The molecule has 6 heteroatoms. The smallest absolute Gasteiger partial charge is 0.145 e. The molecule has 0 aromatic heterocycles. The minimum Gasteiger partial charge on any atom is -0.311 e. The molecule has 0 amide bonds. The van der Waals surface area contributed by atoms with E-state index in [9.17, 15) is 5.26 Å². The van der Waals surface area contributed by atoms with Crippen LogP contribution in [0.4, 0.5) is 8.78 Å². The molecule has 2 aromatic carbocycles. The number of benzene rings is 2. The third-order valence-electron chi connectivity index (χ3n) is 7.47. The van der Waals surface area contributed by atoms with Crippen LogP contribution in [0.15, 0.2) is 36.4 Å². The van der Waals surface area contributed by atoms with Crippen molar-refractivity contribution in [3.8, 4) is 6.07 Å². The minimum atomic E-state index is -1.30. The van der Waals surface area contributed by atoms with E-state index < -0.39 is 23.0 Å². The van der Waals surface area contributed by atoms with E-state index in [1.54, 1.807) is 24.3 Å². The molecule has 2 nitrogen and oxygen atoms in total. The summed E-state index contributed by atoms with van der Waals surface area (Å²) >= 11 is 12.1. The van der Waals surface area contributed by atoms with Crippen LogP contribution in [0.1, 0.15) is 63.5 Å². The normalized spacial score (nSPS) is 23.7. The van der Waals surface area contributed by atoms with Crippen molar-refractivity contribution in [2.45, 2.75) is 63.8 Å². The monoisotopic (exact) mass is 464 g/mol. The molecule has 1 heterocycles. The lowest BCUT2D eigenvalue weighted by Crippen LogP contribution is -2.45. The van der Waals surface area contributed by atoms with E-state index in [1.165, 1.54) is 12.1 Å². The number of hydrogen-bond donors (Lipinski definition) is 1. The Hall–Kier alpha value is -1.67. The molecule has 1 aliphatic rings. The van der Waals surface area contributed by atoms with Crippen molar-refractivity contribution in [2.75, 3.05) is 6.54 Å². The van der Waals surface area contributed by atoms with Gasteiger partial charge in [0.05, 0.1) is 11.1 Å². The largest absolute Gasteiger partial charge is 0.311 e. The summed E-state index contributed by atoms with van der Waals surface area (Å²) in [7, 11) is 0. The van der Waals surface area contributed by atoms with Gasteiger partial charge in [0, 0.05) is 29.1 Å². The maximum absolute atomic E-state index is 15.3. The Labute approximate surface area is 193 Å². The molecule has 31 heavy (non-hydrogen) atoms. The van der Waals surface area contributed by atoms with Crippen LogP contribution in [0.3, 0.4) is 0 Å². The summed E-state index contributed by atoms with van der Waals surface area (Å²) in [6.07, 6.45) is 3.52. The summed E-state index contributed by atoms with van der Waals surface area (Å²) in [6.45, 7) is 6.79. The van der Waals surface area contributed by atoms with Crippen LogP contribution in [-0.4, -0.2) is 12.6 Å². The van der Waals surface area contributed by atoms with Crippen LogP contribution >= 0.6 is 23.2 Å². The fourth-order valence-corrected chi connectivity index (χ4v) is 5.58. The fourth-order valence-electron chi connectivity index (χ4n) is 5.24. The molecule has 1 aliphatic heterocycles. The van der Waals surface area contributed by atoms with Crippen LogP contribution in [0, 0.1) is 28.4 Å². The van der Waals surface area contributed by atoms with Gasteiger partial charge < -0.3 is 5.32 Å². The molecule has 3 rings (SSSR count). The molecule has 1 fully saturated rings. The molecule has 0 bridgehead atoms. The van der Waals surface area contributed by atoms with Gasteiger partial charge in [-0.3, -0.25) is 0 Å². The molecule has 0 spiro atoms. The average Bonchev–Trinajstić information content (AvgIpc) is 3.12. The van der Waals surface area contributed by atoms with E-state index in [2.05, 4.69) is 32.2 Å². The molecule has 0 radical (unpaired) electrons. The fraction of sp³-hybridized carbons (Fsp3) is 0.480. The van der Waals surface area contributed by atoms with Gasteiger partial charge in [-0.2, -0.15) is 5.26 Å². The molecular weight excluding hydrogens is 437 g/mol. The SMILES string of the molecule is CCC(CC)(CC)C[C@@H]1NC[C@H](c2cccc(Cl)c2F)[C@@]1(C#N)c1ccc(Cl)cc1F. The number of hydrogen-bond acceptors (Lipinski definition) is 2. The zero-order valence-corrected chi connectivity index (χ0v) is 19.6. The van der Waals surface area contributed by atoms with E-state index >= 15 is 8.78 Å². The first-order valence-corrected chi connectivity index (χ1v) is 11.6. The molecule has 1 N–H and O–H groups in total. The second-order valence-electron chi connectivity index (χ2n) is 8.53. The van der Waals surface area contributed by atoms with Crippen LogP contribution in [0.5, 0.6) is 0 Å². The molecular formula is C25H28Cl2F2N2. The first-order chi connectivity index (χ1) is 14.8. The Morgan fingerprint density at radius 1 is 1.13 bits per heavy atom. The highest BCUT2D eigenvalue weighted by Crippen LogP contribution is 2.51. The predicted molar refractivity (Wildman–Crippen MR) is 123 cm³/mol. The predicted octanol–water partition coefficient (Wildman–Crippen LogP) is 7.40. The lowest BCUT2D eigenvalue weighted by molar-refractivity contribution is 0.184. The van der Waals surface area contributed by atoms with Gasteiger partial charge in [-0.25, -0.2) is 8.78 Å². The van der Waals surface area contributed by atoms with Gasteiger partial charge in [0.2, 0.25) is 0 Å². The molecule has 166 valence electrons. The van der Waals surface area contributed by atoms with E-state index in [0.29, 0.717) is 18.5 Å². The maximum Gasteiger partial charge on any atom is 0.145 e. The number of halogens is 4. The highest BCUT2D eigenvalue weighted by atomic mass is 35.5. The second kappa shape index (κ2) is 9.45. The Morgan fingerprint density at radius 2 is 1.81 bits per heavy atom. The summed E-state index contributed by atoms with van der Waals surface area (Å²) in [4.78, 5) is 0. The van der Waals surface area contributed by atoms with Crippen molar-refractivity contribution in [1.29, 1.82) is 5.26 Å². The molecule has 0 saturated carbocycles. The van der Waals surface area contributed by atoms with Crippen molar-refractivity contribution < 1.29 is 8.78 Å². The van der Waals surface area contributed by atoms with Gasteiger partial charge in [-0.15, -0.1) is 0 Å². The van der Waals surface area contributed by atoms with Gasteiger partial charge in [-0.05, 0) is 35.6 Å². The van der Waals surface area contributed by atoms with Crippen molar-refractivity contribution in [3.05, 3.63) is 69.2 Å². The van der Waals surface area contributed by atoms with Gasteiger partial charge in [0.15, 0.2) is 0 Å². The molecule has 2 aromatic rings. The molecule has 0 unspecified atom stereocenters.